The molecule has 0 unspecified atom stereocenters. The summed E-state index contributed by atoms with van der Waals surface area (Å²) in [6, 6.07) is 24.1. The van der Waals surface area contributed by atoms with Crippen molar-refractivity contribution in [1.82, 2.24) is 14.4 Å². The van der Waals surface area contributed by atoms with Crippen LogP contribution in [-0.2, 0) is 6.42 Å². The van der Waals surface area contributed by atoms with Crippen molar-refractivity contribution in [3.8, 4) is 27.7 Å². The number of benzene rings is 2. The van der Waals surface area contributed by atoms with Crippen molar-refractivity contribution in [3.05, 3.63) is 95.6 Å². The third kappa shape index (κ3) is 2.96. The first kappa shape index (κ1) is 16.7. The summed E-state index contributed by atoms with van der Waals surface area (Å²) in [4.78, 5) is 10.7. The van der Waals surface area contributed by atoms with E-state index in [9.17, 15) is 5.11 Å². The first-order valence-corrected chi connectivity index (χ1v) is 9.92. The van der Waals surface area contributed by atoms with E-state index >= 15 is 0 Å². The predicted octanol–water partition coefficient (Wildman–Crippen LogP) is 5.42. The number of imidazole rings is 1. The van der Waals surface area contributed by atoms with E-state index < -0.39 is 0 Å². The van der Waals surface area contributed by atoms with E-state index in [4.69, 9.17) is 9.97 Å². The second-order valence-corrected chi connectivity index (χ2v) is 7.50. The van der Waals surface area contributed by atoms with Gasteiger partial charge in [-0.3, -0.25) is 4.40 Å². The van der Waals surface area contributed by atoms with Crippen LogP contribution >= 0.6 is 11.3 Å². The molecular weight excluding hydrogens is 366 g/mol. The van der Waals surface area contributed by atoms with Crippen LogP contribution < -0.4 is 0 Å². The van der Waals surface area contributed by atoms with Gasteiger partial charge in [0.25, 0.3) is 0 Å². The van der Waals surface area contributed by atoms with Gasteiger partial charge < -0.3 is 5.11 Å². The van der Waals surface area contributed by atoms with E-state index in [2.05, 4.69) is 0 Å². The second kappa shape index (κ2) is 6.94. The highest BCUT2D eigenvalue weighted by molar-refractivity contribution is 7.13. The standard InChI is InChI=1S/C23H17N3OS/c27-23-18(14-16-8-3-1-4-9-16)25-22-21(20-12-7-13-28-20)24-19(15-26(22)23)17-10-5-2-6-11-17/h1-13,15,27H,14H2. The Labute approximate surface area is 166 Å². The Morgan fingerprint density at radius 3 is 2.32 bits per heavy atom. The molecule has 5 rings (SSSR count). The van der Waals surface area contributed by atoms with Crippen molar-refractivity contribution in [2.45, 2.75) is 6.42 Å². The summed E-state index contributed by atoms with van der Waals surface area (Å²) in [6.45, 7) is 0. The molecule has 0 atom stereocenters. The van der Waals surface area contributed by atoms with Crippen LogP contribution in [0.5, 0.6) is 5.88 Å². The third-order valence-corrected chi connectivity index (χ3v) is 5.57. The lowest BCUT2D eigenvalue weighted by atomic mass is 10.1. The fourth-order valence-corrected chi connectivity index (χ4v) is 4.03. The van der Waals surface area contributed by atoms with Crippen LogP contribution in [0.3, 0.4) is 0 Å². The fourth-order valence-electron chi connectivity index (χ4n) is 3.32. The van der Waals surface area contributed by atoms with Crippen molar-refractivity contribution in [2.75, 3.05) is 0 Å². The van der Waals surface area contributed by atoms with Crippen LogP contribution in [0.2, 0.25) is 0 Å². The summed E-state index contributed by atoms with van der Waals surface area (Å²) in [6.07, 6.45) is 2.43. The molecule has 0 fully saturated rings. The molecule has 0 amide bonds. The number of fused-ring (bicyclic) bond motifs is 1. The van der Waals surface area contributed by atoms with E-state index in [-0.39, 0.29) is 5.88 Å². The van der Waals surface area contributed by atoms with Gasteiger partial charge in [-0.15, -0.1) is 11.3 Å². The minimum atomic E-state index is 0.163. The van der Waals surface area contributed by atoms with Gasteiger partial charge in [-0.25, -0.2) is 9.97 Å². The Morgan fingerprint density at radius 2 is 1.61 bits per heavy atom. The summed E-state index contributed by atoms with van der Waals surface area (Å²) < 4.78 is 1.75. The molecule has 0 spiro atoms. The zero-order chi connectivity index (χ0) is 18.9. The minimum absolute atomic E-state index is 0.163. The molecule has 28 heavy (non-hydrogen) atoms. The topological polar surface area (TPSA) is 50.4 Å². The van der Waals surface area contributed by atoms with Crippen LogP contribution in [0.1, 0.15) is 11.3 Å². The number of aromatic hydroxyl groups is 1. The summed E-state index contributed by atoms with van der Waals surface area (Å²) >= 11 is 1.62. The minimum Gasteiger partial charge on any atom is -0.493 e. The van der Waals surface area contributed by atoms with Gasteiger partial charge in [0, 0.05) is 18.2 Å². The van der Waals surface area contributed by atoms with Crippen LogP contribution in [0.25, 0.3) is 27.5 Å². The molecule has 0 aliphatic rings. The Hall–Kier alpha value is -3.44. The maximum absolute atomic E-state index is 10.9. The molecule has 5 aromatic rings. The molecule has 1 N–H and O–H groups in total. The summed E-state index contributed by atoms with van der Waals surface area (Å²) in [7, 11) is 0. The fraction of sp³-hybridized carbons (Fsp3) is 0.0435. The molecule has 3 heterocycles. The highest BCUT2D eigenvalue weighted by Gasteiger charge is 2.19. The number of nitrogens with zero attached hydrogens (tertiary/aromatic N) is 3. The van der Waals surface area contributed by atoms with E-state index in [0.29, 0.717) is 17.8 Å². The van der Waals surface area contributed by atoms with Gasteiger partial charge in [0.2, 0.25) is 5.88 Å². The number of aromatic nitrogens is 3. The monoisotopic (exact) mass is 383 g/mol. The highest BCUT2D eigenvalue weighted by atomic mass is 32.1. The zero-order valence-electron chi connectivity index (χ0n) is 15.0. The maximum atomic E-state index is 10.9. The molecule has 5 heteroatoms. The molecule has 0 saturated heterocycles. The number of thiophene rings is 1. The Morgan fingerprint density at radius 1 is 0.857 bits per heavy atom. The molecule has 4 nitrogen and oxygen atoms in total. The van der Waals surface area contributed by atoms with E-state index in [1.54, 1.807) is 15.7 Å². The molecule has 0 saturated carbocycles. The summed E-state index contributed by atoms with van der Waals surface area (Å²) in [5.74, 6) is 0.163. The lowest BCUT2D eigenvalue weighted by Crippen LogP contribution is -1.95. The van der Waals surface area contributed by atoms with Gasteiger partial charge in [0.1, 0.15) is 11.4 Å². The largest absolute Gasteiger partial charge is 0.493 e. The molecule has 0 aliphatic carbocycles. The van der Waals surface area contributed by atoms with Crippen LogP contribution in [0.4, 0.5) is 0 Å². The quantitative estimate of drug-likeness (QED) is 0.451. The number of hydrogen-bond donors (Lipinski definition) is 1. The molecule has 0 bridgehead atoms. The highest BCUT2D eigenvalue weighted by Crippen LogP contribution is 2.33. The van der Waals surface area contributed by atoms with Crippen LogP contribution in [0, 0.1) is 0 Å². The van der Waals surface area contributed by atoms with E-state index in [1.807, 2.05) is 84.4 Å². The van der Waals surface area contributed by atoms with Crippen molar-refractivity contribution in [2.24, 2.45) is 0 Å². The maximum Gasteiger partial charge on any atom is 0.219 e. The molecule has 0 radical (unpaired) electrons. The lowest BCUT2D eigenvalue weighted by molar-refractivity contribution is 0.442. The van der Waals surface area contributed by atoms with Gasteiger partial charge >= 0.3 is 0 Å². The SMILES string of the molecule is Oc1c(Cc2ccccc2)nc2c(-c3cccs3)nc(-c3ccccc3)cn12. The summed E-state index contributed by atoms with van der Waals surface area (Å²) in [5, 5.41) is 12.9. The van der Waals surface area contributed by atoms with Gasteiger partial charge in [0.15, 0.2) is 5.65 Å². The van der Waals surface area contributed by atoms with Crippen molar-refractivity contribution in [1.29, 1.82) is 0 Å². The number of hydrogen-bond acceptors (Lipinski definition) is 4. The Balaban J connectivity index is 1.72. The lowest BCUT2D eigenvalue weighted by Gasteiger charge is -2.07. The Kier molecular flexibility index (Phi) is 4.14. The average Bonchev–Trinajstić information content (AvgIpc) is 3.38. The average molecular weight is 383 g/mol. The first-order valence-electron chi connectivity index (χ1n) is 9.04. The van der Waals surface area contributed by atoms with Crippen LogP contribution in [0.15, 0.2) is 84.4 Å². The molecule has 0 aliphatic heterocycles. The normalized spacial score (nSPS) is 11.1. The Bertz CT molecular complexity index is 1230. The van der Waals surface area contributed by atoms with Crippen LogP contribution in [-0.4, -0.2) is 19.5 Å². The van der Waals surface area contributed by atoms with Gasteiger partial charge in [-0.2, -0.15) is 0 Å². The summed E-state index contributed by atoms with van der Waals surface area (Å²) in [5.41, 5.74) is 5.01. The van der Waals surface area contributed by atoms with E-state index in [0.717, 1.165) is 27.4 Å². The molecule has 3 aromatic heterocycles. The zero-order valence-corrected chi connectivity index (χ0v) is 15.8. The third-order valence-electron chi connectivity index (χ3n) is 4.69. The second-order valence-electron chi connectivity index (χ2n) is 6.56. The van der Waals surface area contributed by atoms with E-state index in [1.165, 1.54) is 0 Å². The first-order chi connectivity index (χ1) is 13.8. The van der Waals surface area contributed by atoms with Gasteiger partial charge in [-0.1, -0.05) is 66.7 Å². The molecular formula is C23H17N3OS. The van der Waals surface area contributed by atoms with Crippen molar-refractivity contribution >= 4 is 17.0 Å². The van der Waals surface area contributed by atoms with Crippen molar-refractivity contribution < 1.29 is 5.11 Å². The smallest absolute Gasteiger partial charge is 0.219 e. The van der Waals surface area contributed by atoms with Crippen molar-refractivity contribution in [3.63, 3.8) is 0 Å². The molecule has 2 aromatic carbocycles. The predicted molar refractivity (Wildman–Crippen MR) is 113 cm³/mol. The molecule has 136 valence electrons. The van der Waals surface area contributed by atoms with Gasteiger partial charge in [-0.05, 0) is 17.0 Å². The van der Waals surface area contributed by atoms with Gasteiger partial charge in [0.05, 0.1) is 10.6 Å². The number of rotatable bonds is 4.